The lowest BCUT2D eigenvalue weighted by atomic mass is 9.97. The highest BCUT2D eigenvalue weighted by Crippen LogP contribution is 2.57. The van der Waals surface area contributed by atoms with Crippen LogP contribution in [0, 0.1) is 11.3 Å². The summed E-state index contributed by atoms with van der Waals surface area (Å²) in [6.07, 6.45) is 4.02. The first-order valence-corrected chi connectivity index (χ1v) is 5.24. The number of hydrogen-bond donors (Lipinski definition) is 0. The predicted molar refractivity (Wildman–Crippen MR) is 54.3 cm³/mol. The van der Waals surface area contributed by atoms with Crippen molar-refractivity contribution in [3.05, 3.63) is 0 Å². The van der Waals surface area contributed by atoms with Gasteiger partial charge in [-0.3, -0.25) is 0 Å². The van der Waals surface area contributed by atoms with Gasteiger partial charge in [-0.05, 0) is 24.2 Å². The second-order valence-electron chi connectivity index (χ2n) is 3.56. The van der Waals surface area contributed by atoms with Gasteiger partial charge in [0.15, 0.2) is 0 Å². The van der Waals surface area contributed by atoms with Gasteiger partial charge in [0.05, 0.1) is 0 Å². The first kappa shape index (κ1) is 12.0. The summed E-state index contributed by atoms with van der Waals surface area (Å²) in [7, 11) is 1.79. The maximum absolute atomic E-state index is 5.07. The molecule has 0 aromatic carbocycles. The zero-order valence-corrected chi connectivity index (χ0v) is 9.31. The molecule has 1 saturated carbocycles. The molecule has 0 radical (unpaired) electrons. The Balaban J connectivity index is 0.000000561. The van der Waals surface area contributed by atoms with Crippen molar-refractivity contribution < 1.29 is 4.74 Å². The number of ether oxygens (including phenoxy) is 1. The summed E-state index contributed by atoms with van der Waals surface area (Å²) in [5, 5.41) is 0. The van der Waals surface area contributed by atoms with Crippen LogP contribution in [-0.4, -0.2) is 13.7 Å². The minimum atomic E-state index is 0.677. The maximum Gasteiger partial charge on any atom is 0.0467 e. The fourth-order valence-corrected chi connectivity index (χ4v) is 1.87. The van der Waals surface area contributed by atoms with E-state index in [2.05, 4.69) is 13.8 Å². The molecule has 0 aromatic rings. The molecule has 1 rings (SSSR count). The van der Waals surface area contributed by atoms with Gasteiger partial charge in [0.1, 0.15) is 0 Å². The molecule has 1 heteroatoms. The molecule has 1 nitrogen and oxygen atoms in total. The van der Waals surface area contributed by atoms with Crippen molar-refractivity contribution in [2.45, 2.75) is 47.0 Å². The van der Waals surface area contributed by atoms with Crippen molar-refractivity contribution in [3.8, 4) is 0 Å². The van der Waals surface area contributed by atoms with Gasteiger partial charge in [-0.1, -0.05) is 34.1 Å². The van der Waals surface area contributed by atoms with Crippen LogP contribution < -0.4 is 0 Å². The van der Waals surface area contributed by atoms with E-state index in [1.54, 1.807) is 7.11 Å². The monoisotopic (exact) mass is 172 g/mol. The Bertz CT molecular complexity index is 108. The molecule has 1 fully saturated rings. The van der Waals surface area contributed by atoms with Crippen molar-refractivity contribution in [1.29, 1.82) is 0 Å². The van der Waals surface area contributed by atoms with E-state index >= 15 is 0 Å². The molecule has 0 saturated heterocycles. The Hall–Kier alpha value is -0.0400. The van der Waals surface area contributed by atoms with Crippen LogP contribution in [0.3, 0.4) is 0 Å². The summed E-state index contributed by atoms with van der Waals surface area (Å²) in [6.45, 7) is 9.58. The summed E-state index contributed by atoms with van der Waals surface area (Å²) in [5.74, 6) is 0.952. The van der Waals surface area contributed by atoms with Gasteiger partial charge in [-0.2, -0.15) is 0 Å². The molecule has 1 aliphatic carbocycles. The Kier molecular flexibility index (Phi) is 5.56. The average Bonchev–Trinajstić information content (AvgIpc) is 2.78. The zero-order valence-electron chi connectivity index (χ0n) is 9.31. The maximum atomic E-state index is 5.07. The largest absolute Gasteiger partial charge is 0.385 e. The third-order valence-corrected chi connectivity index (χ3v) is 3.11. The highest BCUT2D eigenvalue weighted by Gasteiger charge is 2.48. The van der Waals surface area contributed by atoms with Gasteiger partial charge in [-0.25, -0.2) is 0 Å². The van der Waals surface area contributed by atoms with Crippen LogP contribution in [0.15, 0.2) is 0 Å². The summed E-state index contributed by atoms with van der Waals surface area (Å²) in [6, 6.07) is 0. The second kappa shape index (κ2) is 5.58. The van der Waals surface area contributed by atoms with Crippen molar-refractivity contribution in [2.75, 3.05) is 13.7 Å². The van der Waals surface area contributed by atoms with Crippen LogP contribution in [0.4, 0.5) is 0 Å². The molecule has 2 unspecified atom stereocenters. The van der Waals surface area contributed by atoms with Crippen molar-refractivity contribution in [1.82, 2.24) is 0 Å². The molecule has 74 valence electrons. The molecule has 2 atom stereocenters. The fraction of sp³-hybridized carbons (Fsp3) is 1.00. The molecule has 0 bridgehead atoms. The molecule has 0 N–H and O–H groups in total. The molecule has 0 aliphatic heterocycles. The summed E-state index contributed by atoms with van der Waals surface area (Å²) in [4.78, 5) is 0. The molecule has 0 spiro atoms. The van der Waals surface area contributed by atoms with E-state index in [0.29, 0.717) is 5.41 Å². The Labute approximate surface area is 77.5 Å². The van der Waals surface area contributed by atoms with Crippen LogP contribution in [0.5, 0.6) is 0 Å². The normalized spacial score (nSPS) is 32.2. The number of methoxy groups -OCH3 is 1. The van der Waals surface area contributed by atoms with E-state index in [4.69, 9.17) is 4.74 Å². The molecule has 0 aromatic heterocycles. The van der Waals surface area contributed by atoms with Gasteiger partial charge in [0.2, 0.25) is 0 Å². The fourth-order valence-electron chi connectivity index (χ4n) is 1.87. The molecule has 12 heavy (non-hydrogen) atoms. The van der Waals surface area contributed by atoms with E-state index in [1.807, 2.05) is 13.8 Å². The van der Waals surface area contributed by atoms with Crippen LogP contribution in [-0.2, 0) is 4.74 Å². The Morgan fingerprint density at radius 1 is 1.42 bits per heavy atom. The molecule has 0 heterocycles. The van der Waals surface area contributed by atoms with Gasteiger partial charge in [-0.15, -0.1) is 0 Å². The third kappa shape index (κ3) is 2.78. The smallest absolute Gasteiger partial charge is 0.0467 e. The summed E-state index contributed by atoms with van der Waals surface area (Å²) >= 11 is 0. The molecular weight excluding hydrogens is 148 g/mol. The van der Waals surface area contributed by atoms with E-state index in [9.17, 15) is 0 Å². The van der Waals surface area contributed by atoms with Crippen molar-refractivity contribution in [2.24, 2.45) is 11.3 Å². The minimum Gasteiger partial charge on any atom is -0.385 e. The lowest BCUT2D eigenvalue weighted by Crippen LogP contribution is -2.05. The Morgan fingerprint density at radius 2 is 1.92 bits per heavy atom. The molecular formula is C11H24O. The van der Waals surface area contributed by atoms with E-state index in [-0.39, 0.29) is 0 Å². The lowest BCUT2D eigenvalue weighted by molar-refractivity contribution is 0.167. The van der Waals surface area contributed by atoms with Crippen LogP contribution in [0.2, 0.25) is 0 Å². The third-order valence-electron chi connectivity index (χ3n) is 3.11. The van der Waals surface area contributed by atoms with Crippen LogP contribution in [0.25, 0.3) is 0 Å². The quantitative estimate of drug-likeness (QED) is 0.631. The van der Waals surface area contributed by atoms with Gasteiger partial charge < -0.3 is 4.74 Å². The summed E-state index contributed by atoms with van der Waals surface area (Å²) < 4.78 is 5.07. The Morgan fingerprint density at radius 3 is 2.17 bits per heavy atom. The number of rotatable bonds is 4. The molecule has 1 aliphatic rings. The van der Waals surface area contributed by atoms with E-state index < -0.39 is 0 Å². The molecule has 0 amide bonds. The van der Waals surface area contributed by atoms with Crippen molar-refractivity contribution in [3.63, 3.8) is 0 Å². The number of hydrogen-bond acceptors (Lipinski definition) is 1. The highest BCUT2D eigenvalue weighted by molar-refractivity contribution is 4.98. The standard InChI is InChI=1S/C9H18O.C2H6/c1-4-9(5-6-10-3)7-8(9)2;1-2/h8H,4-7H2,1-3H3;1-2H3. The van der Waals surface area contributed by atoms with Crippen LogP contribution >= 0.6 is 0 Å². The predicted octanol–water partition coefficient (Wildman–Crippen LogP) is 3.49. The van der Waals surface area contributed by atoms with E-state index in [1.165, 1.54) is 19.3 Å². The van der Waals surface area contributed by atoms with Gasteiger partial charge in [0, 0.05) is 13.7 Å². The van der Waals surface area contributed by atoms with Gasteiger partial charge >= 0.3 is 0 Å². The highest BCUT2D eigenvalue weighted by atomic mass is 16.5. The zero-order chi connectivity index (χ0) is 9.61. The second-order valence-corrected chi connectivity index (χ2v) is 3.56. The minimum absolute atomic E-state index is 0.677. The first-order chi connectivity index (χ1) is 5.75. The summed E-state index contributed by atoms with van der Waals surface area (Å²) in [5.41, 5.74) is 0.677. The topological polar surface area (TPSA) is 9.23 Å². The van der Waals surface area contributed by atoms with Crippen LogP contribution in [0.1, 0.15) is 47.0 Å². The average molecular weight is 172 g/mol. The SMILES string of the molecule is CC.CCC1(CCOC)CC1C. The van der Waals surface area contributed by atoms with Crippen molar-refractivity contribution >= 4 is 0 Å². The first-order valence-electron chi connectivity index (χ1n) is 5.24. The van der Waals surface area contributed by atoms with E-state index in [0.717, 1.165) is 12.5 Å². The van der Waals surface area contributed by atoms with Gasteiger partial charge in [0.25, 0.3) is 0 Å². The lowest BCUT2D eigenvalue weighted by Gasteiger charge is -2.11.